The normalized spacial score (nSPS) is 19.7. The number of amides is 1. The molecule has 3 heterocycles. The van der Waals surface area contributed by atoms with Crippen LogP contribution in [-0.2, 0) is 21.4 Å². The molecule has 0 radical (unpaired) electrons. The van der Waals surface area contributed by atoms with Crippen molar-refractivity contribution in [2.24, 2.45) is 5.92 Å². The van der Waals surface area contributed by atoms with Gasteiger partial charge in [0.05, 0.1) is 4.90 Å². The fourth-order valence-corrected chi connectivity index (χ4v) is 5.68. The Balaban J connectivity index is 1.27. The smallest absolute Gasteiger partial charge is 0.243 e. The number of carbonyl (C=O) groups excluding carboxylic acids is 1. The molecule has 2 fully saturated rings. The van der Waals surface area contributed by atoms with E-state index in [1.165, 1.54) is 9.87 Å². The van der Waals surface area contributed by atoms with Crippen LogP contribution in [0.2, 0.25) is 0 Å². The topological polar surface area (TPSA) is 73.8 Å². The van der Waals surface area contributed by atoms with Gasteiger partial charge in [-0.05, 0) is 55.8 Å². The van der Waals surface area contributed by atoms with E-state index in [1.807, 2.05) is 29.4 Å². The van der Waals surface area contributed by atoms with E-state index in [-0.39, 0.29) is 11.8 Å². The molecule has 0 atom stereocenters. The molecule has 8 heteroatoms. The molecule has 4 rings (SSSR count). The quantitative estimate of drug-likeness (QED) is 0.726. The summed E-state index contributed by atoms with van der Waals surface area (Å²) in [6.07, 6.45) is 5.32. The highest BCUT2D eigenvalue weighted by Gasteiger charge is 2.33. The van der Waals surface area contributed by atoms with Crippen molar-refractivity contribution in [3.05, 3.63) is 60.4 Å². The molecule has 160 valence electrons. The van der Waals surface area contributed by atoms with Gasteiger partial charge in [-0.3, -0.25) is 14.7 Å². The van der Waals surface area contributed by atoms with Crippen LogP contribution in [0.5, 0.6) is 0 Å². The Labute approximate surface area is 178 Å². The number of benzene rings is 1. The van der Waals surface area contributed by atoms with Gasteiger partial charge in [0.2, 0.25) is 15.9 Å². The maximum Gasteiger partial charge on any atom is 0.243 e. The number of rotatable bonds is 5. The Hall–Kier alpha value is -2.29. The van der Waals surface area contributed by atoms with Crippen molar-refractivity contribution in [1.29, 1.82) is 0 Å². The molecule has 1 aromatic carbocycles. The van der Waals surface area contributed by atoms with Gasteiger partial charge in [0, 0.05) is 51.0 Å². The van der Waals surface area contributed by atoms with Crippen LogP contribution in [0.25, 0.3) is 0 Å². The van der Waals surface area contributed by atoms with Gasteiger partial charge in [0.25, 0.3) is 0 Å². The molecular formula is C22H28N4O3S. The largest absolute Gasteiger partial charge is 0.340 e. The van der Waals surface area contributed by atoms with Crippen LogP contribution in [0.4, 0.5) is 0 Å². The first kappa shape index (κ1) is 21.0. The zero-order valence-electron chi connectivity index (χ0n) is 17.1. The van der Waals surface area contributed by atoms with E-state index < -0.39 is 10.0 Å². The highest BCUT2D eigenvalue weighted by atomic mass is 32.2. The minimum atomic E-state index is -3.49. The van der Waals surface area contributed by atoms with E-state index in [0.717, 1.165) is 32.5 Å². The summed E-state index contributed by atoms with van der Waals surface area (Å²) in [5.41, 5.74) is 1.24. The first-order valence-electron chi connectivity index (χ1n) is 10.5. The van der Waals surface area contributed by atoms with E-state index in [1.54, 1.807) is 30.3 Å². The Morgan fingerprint density at radius 1 is 0.900 bits per heavy atom. The number of piperazine rings is 1. The zero-order valence-corrected chi connectivity index (χ0v) is 17.9. The van der Waals surface area contributed by atoms with Gasteiger partial charge in [0.15, 0.2) is 0 Å². The maximum absolute atomic E-state index is 13.0. The molecule has 1 amide bonds. The van der Waals surface area contributed by atoms with Gasteiger partial charge >= 0.3 is 0 Å². The van der Waals surface area contributed by atoms with Gasteiger partial charge in [-0.25, -0.2) is 8.42 Å². The molecule has 0 aliphatic carbocycles. The van der Waals surface area contributed by atoms with E-state index in [4.69, 9.17) is 0 Å². The molecule has 0 bridgehead atoms. The van der Waals surface area contributed by atoms with Gasteiger partial charge in [-0.15, -0.1) is 0 Å². The van der Waals surface area contributed by atoms with Crippen LogP contribution in [-0.4, -0.2) is 72.7 Å². The Bertz CT molecular complexity index is 937. The minimum absolute atomic E-state index is 0.0379. The van der Waals surface area contributed by atoms with Crippen LogP contribution in [0, 0.1) is 5.92 Å². The fraction of sp³-hybridized carbons (Fsp3) is 0.455. The first-order chi connectivity index (χ1) is 14.5. The lowest BCUT2D eigenvalue weighted by molar-refractivity contribution is -0.138. The number of aromatic nitrogens is 1. The van der Waals surface area contributed by atoms with E-state index in [0.29, 0.717) is 31.1 Å². The number of sulfonamides is 1. The first-order valence-corrected chi connectivity index (χ1v) is 11.9. The average molecular weight is 429 g/mol. The molecule has 0 unspecified atom stereocenters. The number of hydrogen-bond donors (Lipinski definition) is 0. The molecule has 30 heavy (non-hydrogen) atoms. The van der Waals surface area contributed by atoms with Crippen molar-refractivity contribution in [2.45, 2.75) is 24.3 Å². The SMILES string of the molecule is O=C(C1CCN(Cc2ccncc2)CC1)N1CCN(S(=O)(=O)c2ccccc2)CC1. The highest BCUT2D eigenvalue weighted by Crippen LogP contribution is 2.23. The summed E-state index contributed by atoms with van der Waals surface area (Å²) in [7, 11) is -3.49. The molecule has 2 saturated heterocycles. The summed E-state index contributed by atoms with van der Waals surface area (Å²) < 4.78 is 27.0. The third-order valence-corrected chi connectivity index (χ3v) is 7.94. The van der Waals surface area contributed by atoms with Crippen molar-refractivity contribution >= 4 is 15.9 Å². The maximum atomic E-state index is 13.0. The van der Waals surface area contributed by atoms with Crippen molar-refractivity contribution in [2.75, 3.05) is 39.3 Å². The standard InChI is InChI=1S/C22H28N4O3S/c27-22(20-8-12-24(13-9-20)18-19-6-10-23-11-7-19)25-14-16-26(17-15-25)30(28,29)21-4-2-1-3-5-21/h1-7,10-11,20H,8-9,12-18H2. The second-order valence-electron chi connectivity index (χ2n) is 7.95. The average Bonchev–Trinajstić information content (AvgIpc) is 2.80. The Kier molecular flexibility index (Phi) is 6.46. The number of likely N-dealkylation sites (tertiary alicyclic amines) is 1. The van der Waals surface area contributed by atoms with Gasteiger partial charge < -0.3 is 4.90 Å². The third-order valence-electron chi connectivity index (χ3n) is 6.02. The van der Waals surface area contributed by atoms with Crippen molar-refractivity contribution in [3.63, 3.8) is 0 Å². The Morgan fingerprint density at radius 2 is 1.53 bits per heavy atom. The summed E-state index contributed by atoms with van der Waals surface area (Å²) in [4.78, 5) is 21.6. The van der Waals surface area contributed by atoms with Crippen molar-refractivity contribution in [1.82, 2.24) is 19.1 Å². The van der Waals surface area contributed by atoms with Crippen LogP contribution in [0.1, 0.15) is 18.4 Å². The number of carbonyl (C=O) groups is 1. The van der Waals surface area contributed by atoms with Crippen LogP contribution >= 0.6 is 0 Å². The molecule has 1 aromatic heterocycles. The summed E-state index contributed by atoms with van der Waals surface area (Å²) in [6, 6.07) is 12.6. The molecular weight excluding hydrogens is 400 g/mol. The van der Waals surface area contributed by atoms with Crippen LogP contribution in [0.3, 0.4) is 0 Å². The monoisotopic (exact) mass is 428 g/mol. The lowest BCUT2D eigenvalue weighted by Gasteiger charge is -2.38. The lowest BCUT2D eigenvalue weighted by atomic mass is 9.94. The molecule has 2 aliphatic heterocycles. The predicted molar refractivity (Wildman–Crippen MR) is 114 cm³/mol. The number of nitrogens with zero attached hydrogens (tertiary/aromatic N) is 4. The zero-order chi connectivity index (χ0) is 21.0. The lowest BCUT2D eigenvalue weighted by Crippen LogP contribution is -2.52. The summed E-state index contributed by atoms with van der Waals surface area (Å²) in [5, 5.41) is 0. The van der Waals surface area contributed by atoms with E-state index in [2.05, 4.69) is 9.88 Å². The number of pyridine rings is 1. The molecule has 2 aliphatic rings. The summed E-state index contributed by atoms with van der Waals surface area (Å²) in [5.74, 6) is 0.214. The summed E-state index contributed by atoms with van der Waals surface area (Å²) in [6.45, 7) is 4.32. The number of piperidine rings is 1. The van der Waals surface area contributed by atoms with Crippen LogP contribution < -0.4 is 0 Å². The minimum Gasteiger partial charge on any atom is -0.340 e. The molecule has 7 nitrogen and oxygen atoms in total. The van der Waals surface area contributed by atoms with Gasteiger partial charge in [-0.2, -0.15) is 4.31 Å². The second-order valence-corrected chi connectivity index (χ2v) is 9.89. The molecule has 0 saturated carbocycles. The van der Waals surface area contributed by atoms with Crippen molar-refractivity contribution < 1.29 is 13.2 Å². The molecule has 0 spiro atoms. The van der Waals surface area contributed by atoms with E-state index >= 15 is 0 Å². The predicted octanol–water partition coefficient (Wildman–Crippen LogP) is 1.83. The molecule has 2 aromatic rings. The Morgan fingerprint density at radius 3 is 2.17 bits per heavy atom. The van der Waals surface area contributed by atoms with Crippen molar-refractivity contribution in [3.8, 4) is 0 Å². The van der Waals surface area contributed by atoms with Gasteiger partial charge in [0.1, 0.15) is 0 Å². The third kappa shape index (κ3) is 4.71. The fourth-order valence-electron chi connectivity index (χ4n) is 4.23. The van der Waals surface area contributed by atoms with Crippen LogP contribution in [0.15, 0.2) is 59.8 Å². The number of hydrogen-bond acceptors (Lipinski definition) is 5. The summed E-state index contributed by atoms with van der Waals surface area (Å²) >= 11 is 0. The second kappa shape index (κ2) is 9.24. The van der Waals surface area contributed by atoms with Gasteiger partial charge in [-0.1, -0.05) is 18.2 Å². The highest BCUT2D eigenvalue weighted by molar-refractivity contribution is 7.89. The van der Waals surface area contributed by atoms with E-state index in [9.17, 15) is 13.2 Å². The molecule has 0 N–H and O–H groups in total.